The summed E-state index contributed by atoms with van der Waals surface area (Å²) < 4.78 is 51.2. The van der Waals surface area contributed by atoms with Gasteiger partial charge in [-0.3, -0.25) is 4.18 Å². The summed E-state index contributed by atoms with van der Waals surface area (Å²) in [5, 5.41) is -0.532. The van der Waals surface area contributed by atoms with Gasteiger partial charge in [0.25, 0.3) is 16.5 Å². The van der Waals surface area contributed by atoms with Gasteiger partial charge in [0.05, 0.1) is 5.25 Å². The smallest absolute Gasteiger partial charge is 0.264 e. The quantitative estimate of drug-likeness (QED) is 0.703. The van der Waals surface area contributed by atoms with Crippen molar-refractivity contribution in [2.75, 3.05) is 6.61 Å². The van der Waals surface area contributed by atoms with Gasteiger partial charge in [0, 0.05) is 0 Å². The number of halogens is 2. The van der Waals surface area contributed by atoms with Gasteiger partial charge in [-0.05, 0) is 31.1 Å². The molecule has 2 bridgehead atoms. The third kappa shape index (κ3) is 2.30. The van der Waals surface area contributed by atoms with Crippen LogP contribution in [0.1, 0.15) is 25.7 Å². The van der Waals surface area contributed by atoms with Crippen LogP contribution in [0.2, 0.25) is 0 Å². The van der Waals surface area contributed by atoms with E-state index in [1.165, 1.54) is 0 Å². The summed E-state index contributed by atoms with van der Waals surface area (Å²) in [4.78, 5) is 0. The van der Waals surface area contributed by atoms with Crippen molar-refractivity contribution in [1.82, 2.24) is 0 Å². The SMILES string of the molecule is O=S(=O)(OCC(F)F)C1CC2CCC1C2. The molecule has 0 saturated heterocycles. The van der Waals surface area contributed by atoms with E-state index in [2.05, 4.69) is 4.18 Å². The molecule has 3 nitrogen and oxygen atoms in total. The maximum Gasteiger partial charge on any atom is 0.270 e. The maximum atomic E-state index is 11.9. The van der Waals surface area contributed by atoms with Crippen molar-refractivity contribution in [3.8, 4) is 0 Å². The molecule has 0 aliphatic heterocycles. The third-order valence-corrected chi connectivity index (χ3v) is 5.19. The highest BCUT2D eigenvalue weighted by Crippen LogP contribution is 2.47. The summed E-state index contributed by atoms with van der Waals surface area (Å²) in [5.74, 6) is 0.600. The van der Waals surface area contributed by atoms with Gasteiger partial charge in [0.15, 0.2) is 0 Å². The molecule has 0 N–H and O–H groups in total. The van der Waals surface area contributed by atoms with Gasteiger partial charge in [0.1, 0.15) is 6.61 Å². The molecule has 15 heavy (non-hydrogen) atoms. The highest BCUT2D eigenvalue weighted by molar-refractivity contribution is 7.87. The number of hydrogen-bond donors (Lipinski definition) is 0. The highest BCUT2D eigenvalue weighted by atomic mass is 32.2. The summed E-state index contributed by atoms with van der Waals surface area (Å²) >= 11 is 0. The van der Waals surface area contributed by atoms with Gasteiger partial charge in [-0.25, -0.2) is 8.78 Å². The molecule has 0 aromatic rings. The minimum atomic E-state index is -3.77. The lowest BCUT2D eigenvalue weighted by Gasteiger charge is -2.20. The number of rotatable bonds is 4. The van der Waals surface area contributed by atoms with Gasteiger partial charge in [0.2, 0.25) is 0 Å². The zero-order valence-corrected chi connectivity index (χ0v) is 9.05. The predicted molar refractivity (Wildman–Crippen MR) is 50.1 cm³/mol. The molecular formula is C9H14F2O3S. The third-order valence-electron chi connectivity index (χ3n) is 3.40. The Morgan fingerprint density at radius 2 is 2.00 bits per heavy atom. The monoisotopic (exact) mass is 240 g/mol. The van der Waals surface area contributed by atoms with Crippen molar-refractivity contribution in [2.24, 2.45) is 11.8 Å². The van der Waals surface area contributed by atoms with Gasteiger partial charge in [-0.15, -0.1) is 0 Å². The normalized spacial score (nSPS) is 35.3. The van der Waals surface area contributed by atoms with Crippen LogP contribution in [0, 0.1) is 11.8 Å². The first-order valence-electron chi connectivity index (χ1n) is 5.15. The second kappa shape index (κ2) is 3.97. The van der Waals surface area contributed by atoms with Crippen LogP contribution in [0.4, 0.5) is 8.78 Å². The molecule has 2 fully saturated rings. The summed E-state index contributed by atoms with van der Waals surface area (Å²) in [5.41, 5.74) is 0. The molecule has 2 saturated carbocycles. The second-order valence-corrected chi connectivity index (χ2v) is 6.21. The zero-order chi connectivity index (χ0) is 11.1. The standard InChI is InChI=1S/C9H14F2O3S/c10-9(11)5-14-15(12,13)8-4-6-1-2-7(8)3-6/h6-9H,1-5H2. The zero-order valence-electron chi connectivity index (χ0n) is 8.23. The fraction of sp³-hybridized carbons (Fsp3) is 1.00. The Hall–Kier alpha value is -0.230. The molecule has 0 amide bonds. The molecule has 88 valence electrons. The van der Waals surface area contributed by atoms with Gasteiger partial charge in [-0.1, -0.05) is 6.42 Å². The van der Waals surface area contributed by atoms with E-state index in [-0.39, 0.29) is 5.92 Å². The van der Waals surface area contributed by atoms with Crippen LogP contribution >= 0.6 is 0 Å². The van der Waals surface area contributed by atoms with Crippen LogP contribution in [-0.4, -0.2) is 26.7 Å². The Bertz CT molecular complexity index is 328. The van der Waals surface area contributed by atoms with Crippen LogP contribution in [0.5, 0.6) is 0 Å². The number of alkyl halides is 2. The first-order valence-corrected chi connectivity index (χ1v) is 6.62. The van der Waals surface area contributed by atoms with Crippen molar-refractivity contribution < 1.29 is 21.4 Å². The molecule has 6 heteroatoms. The molecule has 0 spiro atoms. The van der Waals surface area contributed by atoms with E-state index in [1.54, 1.807) is 0 Å². The fourth-order valence-corrected chi connectivity index (χ4v) is 4.47. The van der Waals surface area contributed by atoms with Crippen LogP contribution in [0.15, 0.2) is 0 Å². The molecule has 2 rings (SSSR count). The lowest BCUT2D eigenvalue weighted by Crippen LogP contribution is -2.30. The Morgan fingerprint density at radius 3 is 2.47 bits per heavy atom. The molecule has 2 aliphatic rings. The van der Waals surface area contributed by atoms with Crippen molar-refractivity contribution in [3.05, 3.63) is 0 Å². The summed E-state index contributed by atoms with van der Waals surface area (Å²) in [6, 6.07) is 0. The molecule has 0 aromatic carbocycles. The van der Waals surface area contributed by atoms with Crippen molar-refractivity contribution in [3.63, 3.8) is 0 Å². The van der Waals surface area contributed by atoms with Gasteiger partial charge in [-0.2, -0.15) is 8.42 Å². The molecular weight excluding hydrogens is 226 g/mol. The average molecular weight is 240 g/mol. The number of fused-ring (bicyclic) bond motifs is 2. The first kappa shape index (κ1) is 11.3. The second-order valence-electron chi connectivity index (χ2n) is 4.38. The van der Waals surface area contributed by atoms with Crippen LogP contribution < -0.4 is 0 Å². The van der Waals surface area contributed by atoms with E-state index in [4.69, 9.17) is 0 Å². The van der Waals surface area contributed by atoms with E-state index in [9.17, 15) is 17.2 Å². The Balaban J connectivity index is 1.97. The minimum absolute atomic E-state index is 0.137. The Morgan fingerprint density at radius 1 is 1.27 bits per heavy atom. The largest absolute Gasteiger partial charge is 0.270 e. The molecule has 3 atom stereocenters. The molecule has 0 heterocycles. The maximum absolute atomic E-state index is 11.9. The van der Waals surface area contributed by atoms with Crippen LogP contribution in [0.25, 0.3) is 0 Å². The van der Waals surface area contributed by atoms with Gasteiger partial charge < -0.3 is 0 Å². The Kier molecular flexibility index (Phi) is 2.98. The summed E-state index contributed by atoms with van der Waals surface area (Å²) in [7, 11) is -3.77. The molecule has 3 unspecified atom stereocenters. The van der Waals surface area contributed by atoms with Crippen molar-refractivity contribution in [2.45, 2.75) is 37.4 Å². The molecule has 0 radical (unpaired) electrons. The van der Waals surface area contributed by atoms with E-state index >= 15 is 0 Å². The molecule has 0 aromatic heterocycles. The summed E-state index contributed by atoms with van der Waals surface area (Å²) in [6.07, 6.45) is 0.759. The minimum Gasteiger partial charge on any atom is -0.264 e. The topological polar surface area (TPSA) is 43.4 Å². The van der Waals surface area contributed by atoms with E-state index < -0.39 is 28.4 Å². The summed E-state index contributed by atoms with van der Waals surface area (Å²) in [6.45, 7) is -1.00. The lowest BCUT2D eigenvalue weighted by atomic mass is 10.0. The lowest BCUT2D eigenvalue weighted by molar-refractivity contribution is 0.0834. The molecule has 2 aliphatic carbocycles. The van der Waals surface area contributed by atoms with E-state index in [0.29, 0.717) is 12.3 Å². The van der Waals surface area contributed by atoms with Gasteiger partial charge >= 0.3 is 0 Å². The van der Waals surface area contributed by atoms with Crippen LogP contribution in [0.3, 0.4) is 0 Å². The number of hydrogen-bond acceptors (Lipinski definition) is 3. The van der Waals surface area contributed by atoms with E-state index in [0.717, 1.165) is 19.3 Å². The van der Waals surface area contributed by atoms with E-state index in [1.807, 2.05) is 0 Å². The highest BCUT2D eigenvalue weighted by Gasteiger charge is 2.46. The van der Waals surface area contributed by atoms with Crippen molar-refractivity contribution in [1.29, 1.82) is 0 Å². The fourth-order valence-electron chi connectivity index (χ4n) is 2.77. The van der Waals surface area contributed by atoms with Crippen LogP contribution in [-0.2, 0) is 14.3 Å². The predicted octanol–water partition coefficient (Wildman–Crippen LogP) is 1.79. The average Bonchev–Trinajstić information content (AvgIpc) is 2.76. The first-order chi connectivity index (χ1) is 6.99. The van der Waals surface area contributed by atoms with Crippen molar-refractivity contribution >= 4 is 10.1 Å². The Labute approximate surface area is 87.9 Å².